The summed E-state index contributed by atoms with van der Waals surface area (Å²) in [7, 11) is 0. The normalized spacial score (nSPS) is 24.1. The first-order chi connectivity index (χ1) is 8.90. The zero-order chi connectivity index (χ0) is 14.6. The first kappa shape index (κ1) is 15.7. The number of hydrogen-bond acceptors (Lipinski definition) is 6. The highest BCUT2D eigenvalue weighted by Crippen LogP contribution is 2.19. The highest BCUT2D eigenvalue weighted by molar-refractivity contribution is 7.80. The summed E-state index contributed by atoms with van der Waals surface area (Å²) >= 11 is 3.95. The largest absolute Gasteiger partial charge is 0.480 e. The van der Waals surface area contributed by atoms with Crippen molar-refractivity contribution in [2.45, 2.75) is 24.6 Å². The molecule has 0 aromatic heterocycles. The quantitative estimate of drug-likeness (QED) is 0.353. The summed E-state index contributed by atoms with van der Waals surface area (Å²) in [6, 6.07) is -2.04. The van der Waals surface area contributed by atoms with Gasteiger partial charge in [-0.3, -0.25) is 9.59 Å². The maximum atomic E-state index is 12.1. The van der Waals surface area contributed by atoms with Crippen LogP contribution >= 0.6 is 12.6 Å². The number of hydrogen-bond donors (Lipinski definition) is 5. The van der Waals surface area contributed by atoms with E-state index in [1.807, 2.05) is 0 Å². The van der Waals surface area contributed by atoms with Crippen LogP contribution in [0.2, 0.25) is 0 Å². The number of amides is 2. The van der Waals surface area contributed by atoms with Gasteiger partial charge >= 0.3 is 5.97 Å². The zero-order valence-corrected chi connectivity index (χ0v) is 11.0. The van der Waals surface area contributed by atoms with Crippen LogP contribution in [0.1, 0.15) is 6.42 Å². The Labute approximate surface area is 115 Å². The van der Waals surface area contributed by atoms with E-state index >= 15 is 0 Å². The molecule has 0 aromatic carbocycles. The van der Waals surface area contributed by atoms with Crippen LogP contribution in [0, 0.1) is 0 Å². The fraction of sp³-hybridized carbons (Fsp3) is 0.700. The van der Waals surface area contributed by atoms with Crippen LogP contribution in [-0.2, 0) is 14.4 Å². The maximum absolute atomic E-state index is 12.1. The Morgan fingerprint density at radius 3 is 2.58 bits per heavy atom. The highest BCUT2D eigenvalue weighted by Gasteiger charge is 2.41. The van der Waals surface area contributed by atoms with Gasteiger partial charge in [-0.2, -0.15) is 12.6 Å². The van der Waals surface area contributed by atoms with Gasteiger partial charge in [-0.1, -0.05) is 0 Å². The first-order valence-electron chi connectivity index (χ1n) is 5.72. The molecule has 8 nitrogen and oxygen atoms in total. The lowest BCUT2D eigenvalue weighted by atomic mass is 10.2. The van der Waals surface area contributed by atoms with Gasteiger partial charge < -0.3 is 26.2 Å². The molecule has 0 spiro atoms. The minimum absolute atomic E-state index is 0.0174. The van der Waals surface area contributed by atoms with Crippen molar-refractivity contribution >= 4 is 30.4 Å². The van der Waals surface area contributed by atoms with Crippen LogP contribution < -0.4 is 11.1 Å². The van der Waals surface area contributed by atoms with Crippen LogP contribution in [-0.4, -0.2) is 69.9 Å². The van der Waals surface area contributed by atoms with E-state index in [1.165, 1.54) is 0 Å². The van der Waals surface area contributed by atoms with Crippen LogP contribution in [0.15, 0.2) is 0 Å². The van der Waals surface area contributed by atoms with Crippen LogP contribution in [0.5, 0.6) is 0 Å². The van der Waals surface area contributed by atoms with Gasteiger partial charge in [0.15, 0.2) is 0 Å². The highest BCUT2D eigenvalue weighted by atomic mass is 32.1. The van der Waals surface area contributed by atoms with Gasteiger partial charge in [0, 0.05) is 18.7 Å². The van der Waals surface area contributed by atoms with E-state index in [-0.39, 0.29) is 25.3 Å². The molecule has 9 heteroatoms. The Bertz CT molecular complexity index is 378. The molecule has 1 fully saturated rings. The summed E-state index contributed by atoms with van der Waals surface area (Å²) in [5.74, 6) is -2.28. The molecule has 1 rings (SSSR count). The lowest BCUT2D eigenvalue weighted by Crippen LogP contribution is -2.53. The molecule has 0 saturated carbocycles. The summed E-state index contributed by atoms with van der Waals surface area (Å²) < 4.78 is 0. The van der Waals surface area contributed by atoms with E-state index in [0.29, 0.717) is 0 Å². The van der Waals surface area contributed by atoms with Gasteiger partial charge in [0.25, 0.3) is 0 Å². The second kappa shape index (κ2) is 6.73. The Kier molecular flexibility index (Phi) is 5.58. The van der Waals surface area contributed by atoms with Crippen molar-refractivity contribution in [1.82, 2.24) is 10.2 Å². The molecule has 0 unspecified atom stereocenters. The summed E-state index contributed by atoms with van der Waals surface area (Å²) in [5, 5.41) is 20.8. The molecular formula is C10H17N3O5S. The average molecular weight is 291 g/mol. The number of nitrogens with zero attached hydrogens (tertiary/aromatic N) is 1. The predicted octanol–water partition coefficient (Wildman–Crippen LogP) is -2.59. The number of carboxylic acids is 1. The van der Waals surface area contributed by atoms with E-state index < -0.39 is 36.0 Å². The summed E-state index contributed by atoms with van der Waals surface area (Å²) in [6.45, 7) is -0.346. The van der Waals surface area contributed by atoms with Crippen molar-refractivity contribution in [1.29, 1.82) is 0 Å². The topological polar surface area (TPSA) is 133 Å². The number of aliphatic hydroxyl groups is 1. The Balaban J connectivity index is 2.78. The third-order valence-electron chi connectivity index (χ3n) is 2.85. The van der Waals surface area contributed by atoms with E-state index in [4.69, 9.17) is 10.8 Å². The van der Waals surface area contributed by atoms with Crippen molar-refractivity contribution in [2.75, 3.05) is 18.8 Å². The molecule has 0 aromatic rings. The number of nitrogens with two attached hydrogens (primary N) is 1. The van der Waals surface area contributed by atoms with Gasteiger partial charge in [-0.25, -0.2) is 4.79 Å². The van der Waals surface area contributed by atoms with E-state index in [9.17, 15) is 19.5 Å². The zero-order valence-electron chi connectivity index (χ0n) is 10.2. The summed E-state index contributed by atoms with van der Waals surface area (Å²) in [4.78, 5) is 35.4. The fourth-order valence-corrected chi connectivity index (χ4v) is 2.18. The molecule has 1 saturated heterocycles. The van der Waals surface area contributed by atoms with Crippen molar-refractivity contribution in [2.24, 2.45) is 5.73 Å². The van der Waals surface area contributed by atoms with Gasteiger partial charge in [-0.15, -0.1) is 0 Å². The molecule has 1 heterocycles. The molecule has 0 bridgehead atoms. The van der Waals surface area contributed by atoms with E-state index in [1.54, 1.807) is 0 Å². The summed E-state index contributed by atoms with van der Waals surface area (Å²) in [6.07, 6.45) is -0.901. The van der Waals surface area contributed by atoms with Crippen molar-refractivity contribution in [3.05, 3.63) is 0 Å². The van der Waals surface area contributed by atoms with Crippen LogP contribution in [0.4, 0.5) is 0 Å². The Morgan fingerprint density at radius 2 is 2.11 bits per heavy atom. The molecule has 108 valence electrons. The molecule has 2 amide bonds. The van der Waals surface area contributed by atoms with Crippen molar-refractivity contribution in [3.8, 4) is 0 Å². The number of carbonyl (C=O) groups excluding carboxylic acids is 2. The van der Waals surface area contributed by atoms with Gasteiger partial charge in [0.05, 0.1) is 12.6 Å². The number of nitrogens with one attached hydrogen (secondary N) is 1. The number of β-amino-alcohol motifs (C(OH)–C–C–N with tert-alkyl or cyclic N) is 1. The van der Waals surface area contributed by atoms with Crippen molar-refractivity contribution < 1.29 is 24.6 Å². The van der Waals surface area contributed by atoms with Crippen LogP contribution in [0.3, 0.4) is 0 Å². The maximum Gasteiger partial charge on any atom is 0.326 e. The van der Waals surface area contributed by atoms with Gasteiger partial charge in [-0.05, 0) is 0 Å². The molecule has 1 aliphatic rings. The minimum atomic E-state index is -1.19. The Morgan fingerprint density at radius 1 is 1.47 bits per heavy atom. The lowest BCUT2D eigenvalue weighted by Gasteiger charge is -2.26. The summed E-state index contributed by atoms with van der Waals surface area (Å²) in [5.41, 5.74) is 5.13. The third-order valence-corrected chi connectivity index (χ3v) is 3.21. The molecule has 5 N–H and O–H groups in total. The van der Waals surface area contributed by atoms with E-state index in [2.05, 4.69) is 17.9 Å². The molecule has 0 radical (unpaired) electrons. The number of aliphatic carboxylic acids is 1. The van der Waals surface area contributed by atoms with Crippen molar-refractivity contribution in [3.63, 3.8) is 0 Å². The fourth-order valence-electron chi connectivity index (χ4n) is 1.93. The average Bonchev–Trinajstić information content (AvgIpc) is 2.77. The molecular weight excluding hydrogens is 274 g/mol. The molecule has 0 aliphatic carbocycles. The third kappa shape index (κ3) is 3.82. The van der Waals surface area contributed by atoms with E-state index in [0.717, 1.165) is 4.90 Å². The smallest absolute Gasteiger partial charge is 0.326 e. The predicted molar refractivity (Wildman–Crippen MR) is 68.6 cm³/mol. The minimum Gasteiger partial charge on any atom is -0.480 e. The second-order valence-corrected chi connectivity index (χ2v) is 4.61. The molecule has 19 heavy (non-hydrogen) atoms. The number of aliphatic hydroxyl groups excluding tert-OH is 1. The molecule has 3 atom stereocenters. The van der Waals surface area contributed by atoms with Crippen LogP contribution in [0.25, 0.3) is 0 Å². The van der Waals surface area contributed by atoms with Gasteiger partial charge in [0.1, 0.15) is 12.1 Å². The number of likely N-dealkylation sites (tertiary alicyclic amines) is 1. The number of carboxylic acid groups (broad SMARTS) is 1. The lowest BCUT2D eigenvalue weighted by molar-refractivity contribution is -0.149. The Hall–Kier alpha value is -1.32. The molecule has 1 aliphatic heterocycles. The SMILES string of the molecule is NCC(=O)N[C@@H](CS)C(=O)N1C[C@H](O)C[C@H]1C(=O)O. The second-order valence-electron chi connectivity index (χ2n) is 4.24. The standard InChI is InChI=1S/C10H17N3O5S/c11-2-8(15)12-6(4-19)9(16)13-3-5(14)1-7(13)10(17)18/h5-7,14,19H,1-4,11H2,(H,12,15)(H,17,18)/t5-,6+,7+/m1/s1. The van der Waals surface area contributed by atoms with Gasteiger partial charge in [0.2, 0.25) is 11.8 Å². The number of carbonyl (C=O) groups is 3. The number of thiol groups is 1. The number of rotatable bonds is 5. The first-order valence-corrected chi connectivity index (χ1v) is 6.35. The monoisotopic (exact) mass is 291 g/mol.